The standard InChI is InChI=1S/C20H14N2O4/c1-21-16-8-6-15(7-9-16)14-4-2-13(3-5-14)12-22-20(25)19-18(24)17(23)10-11-26-19/h2-11,24H,12H2,(H,22,25). The summed E-state index contributed by atoms with van der Waals surface area (Å²) in [5.74, 6) is -1.78. The van der Waals surface area contributed by atoms with Crippen LogP contribution >= 0.6 is 0 Å². The van der Waals surface area contributed by atoms with Crippen LogP contribution in [0.2, 0.25) is 0 Å². The van der Waals surface area contributed by atoms with Crippen molar-refractivity contribution in [1.82, 2.24) is 5.32 Å². The Morgan fingerprint density at radius 3 is 2.27 bits per heavy atom. The first-order chi connectivity index (χ1) is 12.6. The van der Waals surface area contributed by atoms with Gasteiger partial charge in [0.25, 0.3) is 5.91 Å². The molecule has 0 bridgehead atoms. The first-order valence-corrected chi connectivity index (χ1v) is 7.74. The molecule has 3 aromatic rings. The second-order valence-corrected chi connectivity index (χ2v) is 5.50. The minimum Gasteiger partial charge on any atom is -0.501 e. The number of nitrogens with zero attached hydrogens (tertiary/aromatic N) is 1. The van der Waals surface area contributed by atoms with Gasteiger partial charge >= 0.3 is 0 Å². The monoisotopic (exact) mass is 346 g/mol. The maximum Gasteiger partial charge on any atom is 0.291 e. The van der Waals surface area contributed by atoms with Crippen molar-refractivity contribution in [3.63, 3.8) is 0 Å². The fraction of sp³-hybridized carbons (Fsp3) is 0.0500. The van der Waals surface area contributed by atoms with Crippen LogP contribution in [0.4, 0.5) is 5.69 Å². The van der Waals surface area contributed by atoms with E-state index in [1.54, 1.807) is 12.1 Å². The molecule has 0 aliphatic rings. The summed E-state index contributed by atoms with van der Waals surface area (Å²) in [6.07, 6.45) is 1.06. The van der Waals surface area contributed by atoms with Gasteiger partial charge in [-0.15, -0.1) is 0 Å². The van der Waals surface area contributed by atoms with Gasteiger partial charge in [-0.25, -0.2) is 4.85 Å². The van der Waals surface area contributed by atoms with Gasteiger partial charge in [0.1, 0.15) is 0 Å². The van der Waals surface area contributed by atoms with Gasteiger partial charge in [0.15, 0.2) is 5.69 Å². The van der Waals surface area contributed by atoms with Crippen molar-refractivity contribution in [3.05, 3.63) is 93.8 Å². The topological polar surface area (TPSA) is 83.9 Å². The molecule has 6 nitrogen and oxygen atoms in total. The zero-order chi connectivity index (χ0) is 18.5. The lowest BCUT2D eigenvalue weighted by molar-refractivity contribution is 0.0915. The highest BCUT2D eigenvalue weighted by atomic mass is 16.4. The third-order valence-electron chi connectivity index (χ3n) is 3.80. The van der Waals surface area contributed by atoms with Crippen molar-refractivity contribution in [2.24, 2.45) is 0 Å². The summed E-state index contributed by atoms with van der Waals surface area (Å²) < 4.78 is 4.90. The average molecular weight is 346 g/mol. The Morgan fingerprint density at radius 2 is 1.65 bits per heavy atom. The number of hydrogen-bond donors (Lipinski definition) is 2. The maximum atomic E-state index is 12.0. The molecule has 1 aromatic heterocycles. The van der Waals surface area contributed by atoms with Crippen LogP contribution in [0, 0.1) is 6.57 Å². The van der Waals surface area contributed by atoms with Crippen LogP contribution in [0.25, 0.3) is 16.0 Å². The molecule has 2 aromatic carbocycles. The molecule has 0 radical (unpaired) electrons. The number of carbonyl (C=O) groups is 1. The predicted molar refractivity (Wildman–Crippen MR) is 96.0 cm³/mol. The second kappa shape index (κ2) is 7.36. The summed E-state index contributed by atoms with van der Waals surface area (Å²) in [6.45, 7) is 7.18. The minimum atomic E-state index is -0.705. The van der Waals surface area contributed by atoms with Gasteiger partial charge in [0.05, 0.1) is 12.8 Å². The minimum absolute atomic E-state index is 0.216. The molecule has 0 saturated carbocycles. The maximum absolute atomic E-state index is 12.0. The van der Waals surface area contributed by atoms with E-state index in [2.05, 4.69) is 10.2 Å². The summed E-state index contributed by atoms with van der Waals surface area (Å²) in [7, 11) is 0. The van der Waals surface area contributed by atoms with E-state index in [0.29, 0.717) is 5.69 Å². The van der Waals surface area contributed by atoms with Crippen molar-refractivity contribution < 1.29 is 14.3 Å². The number of benzene rings is 2. The van der Waals surface area contributed by atoms with Crippen LogP contribution in [0.5, 0.6) is 5.75 Å². The van der Waals surface area contributed by atoms with Gasteiger partial charge in [0, 0.05) is 12.6 Å². The first-order valence-electron chi connectivity index (χ1n) is 7.74. The van der Waals surface area contributed by atoms with E-state index in [4.69, 9.17) is 11.0 Å². The van der Waals surface area contributed by atoms with E-state index in [9.17, 15) is 14.7 Å². The molecular weight excluding hydrogens is 332 g/mol. The molecule has 128 valence electrons. The fourth-order valence-electron chi connectivity index (χ4n) is 2.38. The molecule has 0 aliphatic carbocycles. The van der Waals surface area contributed by atoms with E-state index in [1.807, 2.05) is 36.4 Å². The van der Waals surface area contributed by atoms with Crippen LogP contribution in [0.3, 0.4) is 0 Å². The van der Waals surface area contributed by atoms with Crippen molar-refractivity contribution in [2.45, 2.75) is 6.54 Å². The van der Waals surface area contributed by atoms with E-state index in [0.717, 1.165) is 29.0 Å². The molecule has 6 heteroatoms. The summed E-state index contributed by atoms with van der Waals surface area (Å²) in [4.78, 5) is 26.7. The van der Waals surface area contributed by atoms with Crippen molar-refractivity contribution in [1.29, 1.82) is 0 Å². The molecule has 1 heterocycles. The van der Waals surface area contributed by atoms with Gasteiger partial charge in [-0.2, -0.15) is 0 Å². The number of hydrogen-bond acceptors (Lipinski definition) is 4. The highest BCUT2D eigenvalue weighted by Crippen LogP contribution is 2.23. The third kappa shape index (κ3) is 3.62. The number of rotatable bonds is 4. The predicted octanol–water partition coefficient (Wildman–Crippen LogP) is 3.49. The summed E-state index contributed by atoms with van der Waals surface area (Å²) >= 11 is 0. The average Bonchev–Trinajstić information content (AvgIpc) is 2.69. The lowest BCUT2D eigenvalue weighted by atomic mass is 10.0. The SMILES string of the molecule is [C-]#[N+]c1ccc(-c2ccc(CNC(=O)c3occc(=O)c3O)cc2)cc1. The summed E-state index contributed by atoms with van der Waals surface area (Å²) in [5.41, 5.74) is 2.74. The van der Waals surface area contributed by atoms with Crippen molar-refractivity contribution in [3.8, 4) is 16.9 Å². The van der Waals surface area contributed by atoms with E-state index >= 15 is 0 Å². The number of carbonyl (C=O) groups excluding carboxylic acids is 1. The molecule has 0 saturated heterocycles. The quantitative estimate of drug-likeness (QED) is 0.708. The third-order valence-corrected chi connectivity index (χ3v) is 3.80. The highest BCUT2D eigenvalue weighted by molar-refractivity contribution is 5.93. The molecule has 0 unspecified atom stereocenters. The molecule has 0 atom stereocenters. The molecule has 0 aliphatic heterocycles. The van der Waals surface area contributed by atoms with Crippen LogP contribution in [0.1, 0.15) is 16.1 Å². The molecule has 26 heavy (non-hydrogen) atoms. The lowest BCUT2D eigenvalue weighted by Gasteiger charge is -2.07. The zero-order valence-electron chi connectivity index (χ0n) is 13.6. The largest absolute Gasteiger partial charge is 0.501 e. The lowest BCUT2D eigenvalue weighted by Crippen LogP contribution is -2.24. The van der Waals surface area contributed by atoms with E-state index in [-0.39, 0.29) is 6.54 Å². The van der Waals surface area contributed by atoms with Crippen molar-refractivity contribution >= 4 is 11.6 Å². The number of nitrogens with one attached hydrogen (secondary N) is 1. The zero-order valence-corrected chi connectivity index (χ0v) is 13.6. The normalized spacial score (nSPS) is 10.1. The number of aromatic hydroxyl groups is 1. The van der Waals surface area contributed by atoms with Gasteiger partial charge in [-0.1, -0.05) is 48.5 Å². The van der Waals surface area contributed by atoms with Crippen LogP contribution in [-0.4, -0.2) is 11.0 Å². The molecule has 2 N–H and O–H groups in total. The van der Waals surface area contributed by atoms with Gasteiger partial charge in [0.2, 0.25) is 16.9 Å². The smallest absolute Gasteiger partial charge is 0.291 e. The van der Waals surface area contributed by atoms with Crippen molar-refractivity contribution in [2.75, 3.05) is 0 Å². The molecule has 0 fully saturated rings. The molecule has 1 amide bonds. The Kier molecular flexibility index (Phi) is 4.81. The Bertz CT molecular complexity index is 1030. The fourth-order valence-corrected chi connectivity index (χ4v) is 2.38. The van der Waals surface area contributed by atoms with E-state index < -0.39 is 22.8 Å². The summed E-state index contributed by atoms with van der Waals surface area (Å²) in [5, 5.41) is 12.2. The van der Waals surface area contributed by atoms with Gasteiger partial charge < -0.3 is 14.8 Å². The molecular formula is C20H14N2O4. The highest BCUT2D eigenvalue weighted by Gasteiger charge is 2.16. The van der Waals surface area contributed by atoms with E-state index in [1.165, 1.54) is 0 Å². The van der Waals surface area contributed by atoms with Gasteiger partial charge in [-0.05, 0) is 16.7 Å². The Balaban J connectivity index is 1.67. The van der Waals surface area contributed by atoms with Crippen LogP contribution < -0.4 is 10.7 Å². The first kappa shape index (κ1) is 17.0. The second-order valence-electron chi connectivity index (χ2n) is 5.50. The van der Waals surface area contributed by atoms with Crippen LogP contribution in [0.15, 0.2) is 70.1 Å². The Labute approximate surface area is 149 Å². The van der Waals surface area contributed by atoms with Crippen LogP contribution in [-0.2, 0) is 6.54 Å². The Hall–Kier alpha value is -3.85. The summed E-state index contributed by atoms with van der Waals surface area (Å²) in [6, 6.07) is 15.9. The molecule has 3 rings (SSSR count). The Morgan fingerprint density at radius 1 is 1.04 bits per heavy atom. The number of amides is 1. The van der Waals surface area contributed by atoms with Gasteiger partial charge in [-0.3, -0.25) is 9.59 Å². The molecule has 0 spiro atoms.